The topological polar surface area (TPSA) is 131 Å². The largest absolute Gasteiger partial charge is 0.481 e. The zero-order valence-electron chi connectivity index (χ0n) is 25.3. The van der Waals surface area contributed by atoms with E-state index in [1.54, 1.807) is 84.9 Å². The highest BCUT2D eigenvalue weighted by Crippen LogP contribution is 2.33. The minimum absolute atomic E-state index is 0.362. The summed E-state index contributed by atoms with van der Waals surface area (Å²) in [7, 11) is -3.04. The van der Waals surface area contributed by atoms with Crippen molar-refractivity contribution in [3.63, 3.8) is 0 Å². The quantitative estimate of drug-likeness (QED) is 0.0852. The lowest BCUT2D eigenvalue weighted by molar-refractivity contribution is -0.128. The molecular formula is C32H29Cl4N2O9P. The fourth-order valence-electron chi connectivity index (χ4n) is 3.72. The first kappa shape index (κ1) is 37.2. The van der Waals surface area contributed by atoms with Gasteiger partial charge in [-0.05, 0) is 98.8 Å². The molecule has 254 valence electrons. The maximum absolute atomic E-state index is 12.4. The van der Waals surface area contributed by atoms with Crippen LogP contribution in [0.2, 0.25) is 20.1 Å². The number of hydrogen-bond donors (Lipinski definition) is 2. The Hall–Kier alpha value is -3.67. The number of ether oxygens (including phenoxy) is 4. The molecule has 0 aliphatic rings. The molecule has 0 aliphatic heterocycles. The van der Waals surface area contributed by atoms with Gasteiger partial charge in [-0.25, -0.2) is 0 Å². The van der Waals surface area contributed by atoms with E-state index >= 15 is 0 Å². The molecule has 0 aliphatic carbocycles. The van der Waals surface area contributed by atoms with E-state index in [2.05, 4.69) is 10.6 Å². The van der Waals surface area contributed by atoms with Crippen molar-refractivity contribution in [3.05, 3.63) is 105 Å². The van der Waals surface area contributed by atoms with Gasteiger partial charge in [-0.3, -0.25) is 23.2 Å². The maximum Gasteiger partial charge on any atom is 0.322 e. The fraction of sp³-hybridized carbons (Fsp3) is 0.188. The van der Waals surface area contributed by atoms with Crippen molar-refractivity contribution in [2.24, 2.45) is 0 Å². The van der Waals surface area contributed by atoms with Crippen LogP contribution in [0.15, 0.2) is 84.9 Å². The summed E-state index contributed by atoms with van der Waals surface area (Å²) in [6, 6.07) is 22.8. The van der Waals surface area contributed by atoms with E-state index in [-0.39, 0.29) is 0 Å². The number of carbonyl (C=O) groups excluding carboxylic acids is 2. The zero-order chi connectivity index (χ0) is 34.6. The molecule has 0 saturated heterocycles. The summed E-state index contributed by atoms with van der Waals surface area (Å²) in [6.07, 6.45) is -1.80. The van der Waals surface area contributed by atoms with E-state index in [0.717, 1.165) is 0 Å². The predicted octanol–water partition coefficient (Wildman–Crippen LogP) is 8.69. The SMILES string of the molecule is CC(Oc1ccc(Oc2ccc(Cl)cc2Cl)cc1)C(=O)NCO[PH](=O)OCNC(=O)C(C)Oc1ccc(Oc2ccc(Cl)cc2Cl)cc1. The minimum Gasteiger partial charge on any atom is -0.481 e. The second-order valence-corrected chi connectivity index (χ2v) is 12.5. The van der Waals surface area contributed by atoms with E-state index in [0.29, 0.717) is 54.6 Å². The normalized spacial score (nSPS) is 12.7. The summed E-state index contributed by atoms with van der Waals surface area (Å²) in [5, 5.41) is 6.58. The summed E-state index contributed by atoms with van der Waals surface area (Å²) in [6.45, 7) is 2.25. The van der Waals surface area contributed by atoms with Crippen LogP contribution in [0.4, 0.5) is 0 Å². The van der Waals surface area contributed by atoms with Crippen LogP contribution in [0.25, 0.3) is 0 Å². The molecular weight excluding hydrogens is 729 g/mol. The van der Waals surface area contributed by atoms with E-state index in [1.165, 1.54) is 13.8 Å². The average Bonchev–Trinajstić information content (AvgIpc) is 3.05. The van der Waals surface area contributed by atoms with E-state index in [9.17, 15) is 14.2 Å². The van der Waals surface area contributed by atoms with Gasteiger partial charge in [0.1, 0.15) is 48.0 Å². The molecule has 16 heteroatoms. The number of rotatable bonds is 16. The van der Waals surface area contributed by atoms with Crippen molar-refractivity contribution in [3.8, 4) is 34.5 Å². The second kappa shape index (κ2) is 18.2. The standard InChI is InChI=1S/C32H29Cl4N2O9P/c1-19(44-23-5-9-25(10-6-23)46-29-13-3-21(33)15-27(29)35)31(39)37-17-42-48(41)43-18-38-32(40)20(2)45-24-7-11-26(12-8-24)47-30-14-4-22(34)16-28(30)36/h3-16,19-20,48H,17-18H2,1-2H3,(H,37,39)(H,38,40). The number of nitrogens with one attached hydrogen (secondary N) is 2. The number of carbonyl (C=O) groups is 2. The molecule has 0 saturated carbocycles. The van der Waals surface area contributed by atoms with Crippen molar-refractivity contribution in [1.29, 1.82) is 0 Å². The molecule has 2 N–H and O–H groups in total. The first-order valence-corrected chi connectivity index (χ1v) is 16.8. The molecule has 4 aromatic carbocycles. The van der Waals surface area contributed by atoms with E-state index < -0.39 is 45.7 Å². The lowest BCUT2D eigenvalue weighted by Crippen LogP contribution is -2.37. The van der Waals surface area contributed by atoms with Gasteiger partial charge in [0.15, 0.2) is 12.2 Å². The van der Waals surface area contributed by atoms with E-state index in [1.807, 2.05) is 0 Å². The minimum atomic E-state index is -3.04. The van der Waals surface area contributed by atoms with Crippen LogP contribution >= 0.6 is 54.7 Å². The summed E-state index contributed by atoms with van der Waals surface area (Å²) < 4.78 is 44.8. The van der Waals surface area contributed by atoms with Gasteiger partial charge in [-0.15, -0.1) is 0 Å². The van der Waals surface area contributed by atoms with Crippen molar-refractivity contribution in [2.45, 2.75) is 26.1 Å². The molecule has 0 radical (unpaired) electrons. The van der Waals surface area contributed by atoms with Gasteiger partial charge < -0.3 is 29.6 Å². The van der Waals surface area contributed by atoms with Gasteiger partial charge in [0.05, 0.1) is 10.0 Å². The molecule has 0 bridgehead atoms. The summed E-state index contributed by atoms with van der Waals surface area (Å²) in [4.78, 5) is 24.7. The van der Waals surface area contributed by atoms with Crippen LogP contribution < -0.4 is 29.6 Å². The third-order valence-electron chi connectivity index (χ3n) is 6.13. The van der Waals surface area contributed by atoms with Crippen molar-refractivity contribution < 1.29 is 42.1 Å². The van der Waals surface area contributed by atoms with E-state index in [4.69, 9.17) is 74.4 Å². The molecule has 48 heavy (non-hydrogen) atoms. The first-order chi connectivity index (χ1) is 23.0. The van der Waals surface area contributed by atoms with Crippen LogP contribution in [-0.2, 0) is 23.2 Å². The Morgan fingerprint density at radius 2 is 0.958 bits per heavy atom. The van der Waals surface area contributed by atoms with Crippen molar-refractivity contribution in [1.82, 2.24) is 10.6 Å². The Labute approximate surface area is 297 Å². The molecule has 0 heterocycles. The smallest absolute Gasteiger partial charge is 0.322 e. The maximum atomic E-state index is 12.4. The van der Waals surface area contributed by atoms with Gasteiger partial charge in [0.25, 0.3) is 11.8 Å². The summed E-state index contributed by atoms with van der Waals surface area (Å²) in [5.41, 5.74) is 0. The Bertz CT molecular complexity index is 1610. The zero-order valence-corrected chi connectivity index (χ0v) is 29.4. The molecule has 0 spiro atoms. The Balaban J connectivity index is 1.10. The van der Waals surface area contributed by atoms with Crippen LogP contribution in [0, 0.1) is 0 Å². The number of halogens is 4. The number of amides is 2. The lowest BCUT2D eigenvalue weighted by Gasteiger charge is -2.16. The van der Waals surface area contributed by atoms with Gasteiger partial charge in [0, 0.05) is 10.0 Å². The average molecular weight is 758 g/mol. The van der Waals surface area contributed by atoms with Crippen LogP contribution in [0.5, 0.6) is 34.5 Å². The summed E-state index contributed by atoms with van der Waals surface area (Å²) in [5.74, 6) is 1.63. The molecule has 2 atom stereocenters. The first-order valence-electron chi connectivity index (χ1n) is 14.1. The third-order valence-corrected chi connectivity index (χ3v) is 7.95. The highest BCUT2D eigenvalue weighted by molar-refractivity contribution is 7.33. The Kier molecular flexibility index (Phi) is 14.1. The highest BCUT2D eigenvalue weighted by Gasteiger charge is 2.17. The highest BCUT2D eigenvalue weighted by atomic mass is 35.5. The molecule has 0 aromatic heterocycles. The second-order valence-electron chi connectivity index (χ2n) is 9.73. The van der Waals surface area contributed by atoms with Crippen LogP contribution in [-0.4, -0.2) is 37.5 Å². The van der Waals surface area contributed by atoms with Gasteiger partial charge >= 0.3 is 8.25 Å². The van der Waals surface area contributed by atoms with Crippen LogP contribution in [0.3, 0.4) is 0 Å². The van der Waals surface area contributed by atoms with Gasteiger partial charge in [-0.2, -0.15) is 0 Å². The molecule has 11 nitrogen and oxygen atoms in total. The fourth-order valence-corrected chi connectivity index (χ4v) is 5.08. The number of hydrogen-bond acceptors (Lipinski definition) is 9. The molecule has 4 aromatic rings. The number of benzene rings is 4. The molecule has 4 rings (SSSR count). The Morgan fingerprint density at radius 3 is 1.31 bits per heavy atom. The van der Waals surface area contributed by atoms with Crippen molar-refractivity contribution >= 4 is 66.5 Å². The molecule has 2 unspecified atom stereocenters. The predicted molar refractivity (Wildman–Crippen MR) is 183 cm³/mol. The monoisotopic (exact) mass is 756 g/mol. The lowest BCUT2D eigenvalue weighted by atomic mass is 10.3. The Morgan fingerprint density at radius 1 is 0.604 bits per heavy atom. The van der Waals surface area contributed by atoms with Crippen molar-refractivity contribution in [2.75, 3.05) is 13.5 Å². The van der Waals surface area contributed by atoms with Crippen LogP contribution in [0.1, 0.15) is 13.8 Å². The molecule has 0 fully saturated rings. The molecule has 2 amide bonds. The van der Waals surface area contributed by atoms with Gasteiger partial charge in [-0.1, -0.05) is 46.4 Å². The third kappa shape index (κ3) is 11.8. The van der Waals surface area contributed by atoms with Gasteiger partial charge in [0.2, 0.25) is 0 Å². The summed E-state index contributed by atoms with van der Waals surface area (Å²) >= 11 is 24.1.